The third-order valence-electron chi connectivity index (χ3n) is 3.95. The van der Waals surface area contributed by atoms with Gasteiger partial charge in [0.2, 0.25) is 0 Å². The average molecular weight is 222 g/mol. The van der Waals surface area contributed by atoms with Crippen LogP contribution in [-0.2, 0) is 0 Å². The van der Waals surface area contributed by atoms with Gasteiger partial charge < -0.3 is 5.11 Å². The molecule has 16 heavy (non-hydrogen) atoms. The van der Waals surface area contributed by atoms with Crippen molar-refractivity contribution in [1.82, 2.24) is 9.80 Å². The summed E-state index contributed by atoms with van der Waals surface area (Å²) in [7, 11) is 0. The predicted molar refractivity (Wildman–Crippen MR) is 65.1 cm³/mol. The molecule has 0 aromatic rings. The fourth-order valence-electron chi connectivity index (χ4n) is 3.04. The molecule has 0 amide bonds. The molecule has 0 aromatic heterocycles. The van der Waals surface area contributed by atoms with Crippen LogP contribution >= 0.6 is 0 Å². The topological polar surface area (TPSA) is 26.7 Å². The number of aliphatic hydroxyl groups is 1. The minimum absolute atomic E-state index is 0.307. The number of rotatable bonds is 4. The first kappa shape index (κ1) is 11.9. The van der Waals surface area contributed by atoms with E-state index in [1.54, 1.807) is 0 Å². The molecule has 2 aliphatic heterocycles. The SMILES string of the molecule is C#CCN1CCCC1CN1CCCC1CO. The van der Waals surface area contributed by atoms with Crippen molar-refractivity contribution >= 4 is 0 Å². The molecule has 90 valence electrons. The molecule has 2 saturated heterocycles. The van der Waals surface area contributed by atoms with E-state index in [0.717, 1.165) is 32.6 Å². The second-order valence-electron chi connectivity index (χ2n) is 4.94. The molecule has 1 N–H and O–H groups in total. The zero-order chi connectivity index (χ0) is 11.4. The lowest BCUT2D eigenvalue weighted by molar-refractivity contribution is 0.127. The van der Waals surface area contributed by atoms with Gasteiger partial charge in [-0.15, -0.1) is 6.42 Å². The molecule has 0 spiro atoms. The maximum Gasteiger partial charge on any atom is 0.0601 e. The second-order valence-corrected chi connectivity index (χ2v) is 4.94. The average Bonchev–Trinajstić information content (AvgIpc) is 2.89. The minimum atomic E-state index is 0.307. The normalized spacial score (nSPS) is 32.0. The summed E-state index contributed by atoms with van der Waals surface area (Å²) in [5.41, 5.74) is 0. The Morgan fingerprint density at radius 3 is 2.50 bits per heavy atom. The maximum absolute atomic E-state index is 9.29. The Morgan fingerprint density at radius 1 is 1.12 bits per heavy atom. The summed E-state index contributed by atoms with van der Waals surface area (Å²) in [5.74, 6) is 2.75. The van der Waals surface area contributed by atoms with E-state index in [0.29, 0.717) is 18.7 Å². The first-order chi connectivity index (χ1) is 7.85. The third-order valence-corrected chi connectivity index (χ3v) is 3.95. The highest BCUT2D eigenvalue weighted by atomic mass is 16.3. The van der Waals surface area contributed by atoms with E-state index in [-0.39, 0.29) is 0 Å². The third kappa shape index (κ3) is 2.57. The van der Waals surface area contributed by atoms with Gasteiger partial charge in [0.1, 0.15) is 0 Å². The van der Waals surface area contributed by atoms with Crippen LogP contribution in [0.5, 0.6) is 0 Å². The molecule has 0 saturated carbocycles. The van der Waals surface area contributed by atoms with E-state index in [2.05, 4.69) is 15.7 Å². The smallest absolute Gasteiger partial charge is 0.0601 e. The van der Waals surface area contributed by atoms with Crippen LogP contribution in [0.2, 0.25) is 0 Å². The van der Waals surface area contributed by atoms with E-state index >= 15 is 0 Å². The molecule has 2 rings (SSSR count). The molecule has 0 radical (unpaired) electrons. The second kappa shape index (κ2) is 5.67. The van der Waals surface area contributed by atoms with Crippen molar-refractivity contribution in [3.05, 3.63) is 0 Å². The molecular weight excluding hydrogens is 200 g/mol. The highest BCUT2D eigenvalue weighted by Gasteiger charge is 2.30. The molecule has 0 aliphatic carbocycles. The highest BCUT2D eigenvalue weighted by Crippen LogP contribution is 2.22. The Labute approximate surface area is 98.4 Å². The van der Waals surface area contributed by atoms with E-state index < -0.39 is 0 Å². The quantitative estimate of drug-likeness (QED) is 0.703. The van der Waals surface area contributed by atoms with Crippen molar-refractivity contribution in [2.45, 2.75) is 37.8 Å². The molecule has 2 heterocycles. The summed E-state index contributed by atoms with van der Waals surface area (Å²) in [6, 6.07) is 1.01. The van der Waals surface area contributed by atoms with E-state index in [1.165, 1.54) is 19.3 Å². The van der Waals surface area contributed by atoms with Gasteiger partial charge >= 0.3 is 0 Å². The maximum atomic E-state index is 9.29. The number of nitrogens with zero attached hydrogens (tertiary/aromatic N) is 2. The predicted octanol–water partition coefficient (Wildman–Crippen LogP) is 0.541. The molecule has 2 aliphatic rings. The van der Waals surface area contributed by atoms with Crippen molar-refractivity contribution in [1.29, 1.82) is 0 Å². The molecule has 2 fully saturated rings. The zero-order valence-corrected chi connectivity index (χ0v) is 9.94. The summed E-state index contributed by atoms with van der Waals surface area (Å²) >= 11 is 0. The van der Waals surface area contributed by atoms with Gasteiger partial charge in [-0.2, -0.15) is 0 Å². The first-order valence-electron chi connectivity index (χ1n) is 6.37. The number of likely N-dealkylation sites (tertiary alicyclic amines) is 2. The van der Waals surface area contributed by atoms with Gasteiger partial charge in [0.15, 0.2) is 0 Å². The van der Waals surface area contributed by atoms with E-state index in [9.17, 15) is 5.11 Å². The Kier molecular flexibility index (Phi) is 4.22. The Hall–Kier alpha value is -0.560. The highest BCUT2D eigenvalue weighted by molar-refractivity contribution is 4.94. The standard InChI is InChI=1S/C13H22N2O/c1-2-7-14-8-3-5-12(14)10-15-9-4-6-13(15)11-16/h1,12-13,16H,3-11H2. The molecule has 2 unspecified atom stereocenters. The molecular formula is C13H22N2O. The van der Waals surface area contributed by atoms with Crippen molar-refractivity contribution in [2.75, 3.05) is 32.8 Å². The lowest BCUT2D eigenvalue weighted by atomic mass is 10.2. The van der Waals surface area contributed by atoms with Crippen LogP contribution < -0.4 is 0 Å². The van der Waals surface area contributed by atoms with Crippen molar-refractivity contribution in [2.24, 2.45) is 0 Å². The summed E-state index contributed by atoms with van der Waals surface area (Å²) in [6.07, 6.45) is 10.3. The number of hydrogen-bond acceptors (Lipinski definition) is 3. The molecule has 3 heteroatoms. The Bertz CT molecular complexity index is 261. The summed E-state index contributed by atoms with van der Waals surface area (Å²) in [5, 5.41) is 9.29. The van der Waals surface area contributed by atoms with E-state index in [4.69, 9.17) is 6.42 Å². The molecule has 3 nitrogen and oxygen atoms in total. The van der Waals surface area contributed by atoms with Crippen LogP contribution in [0.25, 0.3) is 0 Å². The lowest BCUT2D eigenvalue weighted by Crippen LogP contribution is -2.43. The van der Waals surface area contributed by atoms with Crippen LogP contribution in [0.1, 0.15) is 25.7 Å². The minimum Gasteiger partial charge on any atom is -0.395 e. The van der Waals surface area contributed by atoms with E-state index in [1.807, 2.05) is 0 Å². The summed E-state index contributed by atoms with van der Waals surface area (Å²) in [4.78, 5) is 4.85. The van der Waals surface area contributed by atoms with Crippen molar-refractivity contribution in [3.63, 3.8) is 0 Å². The zero-order valence-electron chi connectivity index (χ0n) is 9.94. The van der Waals surface area contributed by atoms with Gasteiger partial charge in [-0.05, 0) is 38.8 Å². The Balaban J connectivity index is 1.86. The van der Waals surface area contributed by atoms with Gasteiger partial charge in [-0.25, -0.2) is 0 Å². The summed E-state index contributed by atoms with van der Waals surface area (Å²) in [6.45, 7) is 4.47. The van der Waals surface area contributed by atoms with Crippen LogP contribution in [0.3, 0.4) is 0 Å². The molecule has 2 atom stereocenters. The summed E-state index contributed by atoms with van der Waals surface area (Å²) < 4.78 is 0. The van der Waals surface area contributed by atoms with Crippen LogP contribution in [0, 0.1) is 12.3 Å². The fraction of sp³-hybridized carbons (Fsp3) is 0.846. The van der Waals surface area contributed by atoms with Gasteiger partial charge in [-0.1, -0.05) is 5.92 Å². The van der Waals surface area contributed by atoms with Crippen molar-refractivity contribution in [3.8, 4) is 12.3 Å². The van der Waals surface area contributed by atoms with Gasteiger partial charge in [0.25, 0.3) is 0 Å². The largest absolute Gasteiger partial charge is 0.395 e. The fourth-order valence-corrected chi connectivity index (χ4v) is 3.04. The van der Waals surface area contributed by atoms with Gasteiger partial charge in [0, 0.05) is 18.6 Å². The number of hydrogen-bond donors (Lipinski definition) is 1. The number of aliphatic hydroxyl groups excluding tert-OH is 1. The first-order valence-corrected chi connectivity index (χ1v) is 6.37. The molecule has 0 bridgehead atoms. The monoisotopic (exact) mass is 222 g/mol. The Morgan fingerprint density at radius 2 is 1.81 bits per heavy atom. The lowest BCUT2D eigenvalue weighted by Gasteiger charge is -2.30. The van der Waals surface area contributed by atoms with Gasteiger partial charge in [0.05, 0.1) is 13.2 Å². The van der Waals surface area contributed by atoms with Crippen LogP contribution in [-0.4, -0.2) is 59.8 Å². The molecule has 0 aromatic carbocycles. The van der Waals surface area contributed by atoms with Crippen LogP contribution in [0.15, 0.2) is 0 Å². The number of terminal acetylenes is 1. The van der Waals surface area contributed by atoms with Gasteiger partial charge in [-0.3, -0.25) is 9.80 Å². The van der Waals surface area contributed by atoms with Crippen molar-refractivity contribution < 1.29 is 5.11 Å². The van der Waals surface area contributed by atoms with Crippen LogP contribution in [0.4, 0.5) is 0 Å².